The summed E-state index contributed by atoms with van der Waals surface area (Å²) in [4.78, 5) is 10.3. The minimum absolute atomic E-state index is 0.0337. The van der Waals surface area contributed by atoms with Crippen molar-refractivity contribution in [3.8, 4) is 0 Å². The second kappa shape index (κ2) is 6.45. The van der Waals surface area contributed by atoms with Crippen LogP contribution in [0.15, 0.2) is 12.1 Å². The Morgan fingerprint density at radius 3 is 2.50 bits per heavy atom. The van der Waals surface area contributed by atoms with E-state index in [0.29, 0.717) is 26.6 Å². The van der Waals surface area contributed by atoms with Gasteiger partial charge in [-0.25, -0.2) is 0 Å². The molecular formula is C9H8Cl3NO2S. The summed E-state index contributed by atoms with van der Waals surface area (Å²) in [5, 5.41) is 12.6. The van der Waals surface area contributed by atoms with Gasteiger partial charge in [-0.1, -0.05) is 34.8 Å². The van der Waals surface area contributed by atoms with Gasteiger partial charge in [0.25, 0.3) is 0 Å². The Labute approximate surface area is 112 Å². The van der Waals surface area contributed by atoms with Crippen molar-refractivity contribution in [1.29, 1.82) is 0 Å². The molecule has 0 atom stereocenters. The van der Waals surface area contributed by atoms with Crippen LogP contribution in [0.1, 0.15) is 0 Å². The lowest BCUT2D eigenvalue weighted by Gasteiger charge is -2.08. The Morgan fingerprint density at radius 2 is 1.88 bits per heavy atom. The summed E-state index contributed by atoms with van der Waals surface area (Å²) in [5.41, 5.74) is 0.633. The summed E-state index contributed by atoms with van der Waals surface area (Å²) in [7, 11) is 0. The van der Waals surface area contributed by atoms with Gasteiger partial charge in [0.2, 0.25) is 0 Å². The van der Waals surface area contributed by atoms with Crippen LogP contribution in [0.2, 0.25) is 15.1 Å². The van der Waals surface area contributed by atoms with Gasteiger partial charge in [0.05, 0.1) is 32.4 Å². The number of carbonyl (C=O) groups is 1. The molecule has 1 aromatic rings. The van der Waals surface area contributed by atoms with Crippen molar-refractivity contribution in [2.24, 2.45) is 0 Å². The molecule has 0 aliphatic rings. The van der Waals surface area contributed by atoms with Gasteiger partial charge in [0.15, 0.2) is 0 Å². The predicted molar refractivity (Wildman–Crippen MR) is 70.1 cm³/mol. The number of benzene rings is 1. The van der Waals surface area contributed by atoms with Crippen LogP contribution >= 0.6 is 46.6 Å². The standard InChI is InChI=1S/C9H8Cl3NO2S/c10-5-1-7(12)8(2-6(5)11)13-4-16-3-9(14)15/h1-2,13H,3-4H2,(H,14,15). The van der Waals surface area contributed by atoms with Crippen LogP contribution < -0.4 is 5.32 Å². The number of aliphatic carboxylic acids is 1. The van der Waals surface area contributed by atoms with E-state index in [1.807, 2.05) is 0 Å². The average Bonchev–Trinajstić information content (AvgIpc) is 2.19. The number of anilines is 1. The fraction of sp³-hybridized carbons (Fsp3) is 0.222. The first-order valence-electron chi connectivity index (χ1n) is 4.18. The van der Waals surface area contributed by atoms with E-state index in [4.69, 9.17) is 39.9 Å². The largest absolute Gasteiger partial charge is 0.481 e. The summed E-state index contributed by atoms with van der Waals surface area (Å²) in [6.45, 7) is 0. The van der Waals surface area contributed by atoms with Crippen molar-refractivity contribution in [1.82, 2.24) is 0 Å². The van der Waals surface area contributed by atoms with Gasteiger partial charge < -0.3 is 10.4 Å². The number of carboxylic acids is 1. The summed E-state index contributed by atoms with van der Waals surface area (Å²) < 4.78 is 0. The van der Waals surface area contributed by atoms with E-state index in [-0.39, 0.29) is 5.75 Å². The quantitative estimate of drug-likeness (QED) is 0.493. The molecule has 7 heteroatoms. The third kappa shape index (κ3) is 4.29. The molecule has 1 aromatic carbocycles. The van der Waals surface area contributed by atoms with Crippen molar-refractivity contribution in [2.75, 3.05) is 16.9 Å². The maximum atomic E-state index is 10.3. The molecular weight excluding hydrogens is 293 g/mol. The van der Waals surface area contributed by atoms with Crippen molar-refractivity contribution >= 4 is 58.2 Å². The Morgan fingerprint density at radius 1 is 1.25 bits per heavy atom. The smallest absolute Gasteiger partial charge is 0.313 e. The Hall–Kier alpha value is -0.290. The fourth-order valence-electron chi connectivity index (χ4n) is 0.925. The van der Waals surface area contributed by atoms with Gasteiger partial charge in [-0.05, 0) is 12.1 Å². The van der Waals surface area contributed by atoms with Crippen molar-refractivity contribution in [3.05, 3.63) is 27.2 Å². The molecule has 16 heavy (non-hydrogen) atoms. The number of hydrogen-bond donors (Lipinski definition) is 2. The zero-order valence-corrected chi connectivity index (χ0v) is 11.1. The SMILES string of the molecule is O=C(O)CSCNc1cc(Cl)c(Cl)cc1Cl. The molecule has 0 heterocycles. The normalized spacial score (nSPS) is 10.2. The highest BCUT2D eigenvalue weighted by Crippen LogP contribution is 2.32. The third-order valence-corrected chi connectivity index (χ3v) is 3.43. The van der Waals surface area contributed by atoms with E-state index in [1.54, 1.807) is 6.07 Å². The zero-order chi connectivity index (χ0) is 12.1. The van der Waals surface area contributed by atoms with Gasteiger partial charge in [-0.3, -0.25) is 4.79 Å². The highest BCUT2D eigenvalue weighted by molar-refractivity contribution is 8.00. The Bertz CT molecular complexity index is 401. The minimum atomic E-state index is -0.855. The second-order valence-electron chi connectivity index (χ2n) is 2.81. The molecule has 0 aliphatic carbocycles. The van der Waals surface area contributed by atoms with Gasteiger partial charge in [-0.15, -0.1) is 11.8 Å². The molecule has 0 amide bonds. The van der Waals surface area contributed by atoms with Crippen LogP contribution in [-0.2, 0) is 4.79 Å². The van der Waals surface area contributed by atoms with Crippen molar-refractivity contribution in [3.63, 3.8) is 0 Å². The van der Waals surface area contributed by atoms with Crippen LogP contribution in [0, 0.1) is 0 Å². The summed E-state index contributed by atoms with van der Waals surface area (Å²) in [5.74, 6) is -0.386. The number of hydrogen-bond acceptors (Lipinski definition) is 3. The predicted octanol–water partition coefficient (Wildman–Crippen LogP) is 3.83. The molecule has 88 valence electrons. The number of rotatable bonds is 5. The van der Waals surface area contributed by atoms with E-state index < -0.39 is 5.97 Å². The van der Waals surface area contributed by atoms with E-state index in [1.165, 1.54) is 17.8 Å². The maximum Gasteiger partial charge on any atom is 0.313 e. The topological polar surface area (TPSA) is 49.3 Å². The molecule has 0 saturated carbocycles. The Balaban J connectivity index is 2.54. The zero-order valence-electron chi connectivity index (χ0n) is 7.97. The first kappa shape index (κ1) is 13.8. The molecule has 2 N–H and O–H groups in total. The van der Waals surface area contributed by atoms with Crippen LogP contribution in [0.25, 0.3) is 0 Å². The number of nitrogens with one attached hydrogen (secondary N) is 1. The molecule has 0 bridgehead atoms. The highest BCUT2D eigenvalue weighted by Gasteiger charge is 2.05. The summed E-state index contributed by atoms with van der Waals surface area (Å²) in [6, 6.07) is 3.14. The monoisotopic (exact) mass is 299 g/mol. The Kier molecular flexibility index (Phi) is 5.55. The van der Waals surface area contributed by atoms with Gasteiger partial charge in [-0.2, -0.15) is 0 Å². The van der Waals surface area contributed by atoms with Crippen LogP contribution in [0.3, 0.4) is 0 Å². The van der Waals surface area contributed by atoms with Gasteiger partial charge in [0, 0.05) is 0 Å². The first-order valence-corrected chi connectivity index (χ1v) is 6.47. The number of halogens is 3. The number of thioether (sulfide) groups is 1. The fourth-order valence-corrected chi connectivity index (χ4v) is 2.07. The molecule has 0 spiro atoms. The molecule has 0 aliphatic heterocycles. The van der Waals surface area contributed by atoms with E-state index in [2.05, 4.69) is 5.32 Å². The number of carboxylic acid groups (broad SMARTS) is 1. The molecule has 0 fully saturated rings. The second-order valence-corrected chi connectivity index (χ2v) is 5.02. The summed E-state index contributed by atoms with van der Waals surface area (Å²) >= 11 is 18.7. The molecule has 1 rings (SSSR count). The molecule has 0 saturated heterocycles. The lowest BCUT2D eigenvalue weighted by molar-refractivity contribution is -0.133. The minimum Gasteiger partial charge on any atom is -0.481 e. The van der Waals surface area contributed by atoms with Crippen LogP contribution in [-0.4, -0.2) is 22.7 Å². The molecule has 0 unspecified atom stereocenters. The van der Waals surface area contributed by atoms with Gasteiger partial charge >= 0.3 is 5.97 Å². The van der Waals surface area contributed by atoms with Crippen LogP contribution in [0.5, 0.6) is 0 Å². The van der Waals surface area contributed by atoms with E-state index >= 15 is 0 Å². The third-order valence-electron chi connectivity index (χ3n) is 1.60. The summed E-state index contributed by atoms with van der Waals surface area (Å²) in [6.07, 6.45) is 0. The van der Waals surface area contributed by atoms with Gasteiger partial charge in [0.1, 0.15) is 0 Å². The molecule has 0 radical (unpaired) electrons. The highest BCUT2D eigenvalue weighted by atomic mass is 35.5. The van der Waals surface area contributed by atoms with Crippen molar-refractivity contribution in [2.45, 2.75) is 0 Å². The maximum absolute atomic E-state index is 10.3. The lowest BCUT2D eigenvalue weighted by atomic mass is 10.3. The van der Waals surface area contributed by atoms with Crippen molar-refractivity contribution < 1.29 is 9.90 Å². The molecule has 3 nitrogen and oxygen atoms in total. The van der Waals surface area contributed by atoms with E-state index in [0.717, 1.165) is 0 Å². The van der Waals surface area contributed by atoms with Crippen LogP contribution in [0.4, 0.5) is 5.69 Å². The van der Waals surface area contributed by atoms with E-state index in [9.17, 15) is 4.79 Å². The molecule has 0 aromatic heterocycles. The first-order chi connectivity index (χ1) is 7.50. The lowest BCUT2D eigenvalue weighted by Crippen LogP contribution is -2.04. The average molecular weight is 301 g/mol.